The molecule has 0 saturated heterocycles. The number of benzene rings is 7. The molecule has 0 spiro atoms. The molecule has 10 aromatic rings. The van der Waals surface area contributed by atoms with Crippen molar-refractivity contribution in [3.8, 4) is 22.5 Å². The lowest BCUT2D eigenvalue weighted by molar-refractivity contribution is 0.660. The summed E-state index contributed by atoms with van der Waals surface area (Å²) < 4.78 is 7.61. The summed E-state index contributed by atoms with van der Waals surface area (Å²) in [6.07, 6.45) is 0. The fourth-order valence-corrected chi connectivity index (χ4v) is 9.81. The van der Waals surface area contributed by atoms with E-state index >= 15 is 0 Å². The van der Waals surface area contributed by atoms with Crippen LogP contribution < -0.4 is 0 Å². The molecule has 48 heavy (non-hydrogen) atoms. The Morgan fingerprint density at radius 2 is 0.958 bits per heavy atom. The van der Waals surface area contributed by atoms with Gasteiger partial charge in [-0.25, -0.2) is 0 Å². The third kappa shape index (κ3) is 3.36. The summed E-state index contributed by atoms with van der Waals surface area (Å²) in [7, 11) is 0. The molecule has 226 valence electrons. The number of hydrogen-bond donors (Lipinski definition) is 0. The summed E-state index contributed by atoms with van der Waals surface area (Å²) >= 11 is 1.88. The Balaban J connectivity index is 1.21. The summed E-state index contributed by atoms with van der Waals surface area (Å²) in [6, 6.07) is 54.4. The van der Waals surface area contributed by atoms with Gasteiger partial charge in [0, 0.05) is 58.5 Å². The van der Waals surface area contributed by atoms with Crippen LogP contribution in [-0.4, -0.2) is 9.13 Å². The van der Waals surface area contributed by atoms with Gasteiger partial charge in [-0.2, -0.15) is 0 Å². The van der Waals surface area contributed by atoms with Crippen LogP contribution in [0.5, 0.6) is 0 Å². The molecule has 11 rings (SSSR count). The molecule has 0 atom stereocenters. The van der Waals surface area contributed by atoms with Crippen LogP contribution in [0, 0.1) is 0 Å². The highest BCUT2D eigenvalue weighted by molar-refractivity contribution is 7.25. The van der Waals surface area contributed by atoms with Gasteiger partial charge in [0.15, 0.2) is 0 Å². The van der Waals surface area contributed by atoms with E-state index in [1.807, 2.05) is 11.3 Å². The Morgan fingerprint density at radius 1 is 0.396 bits per heavy atom. The van der Waals surface area contributed by atoms with Gasteiger partial charge in [-0.15, -0.1) is 11.3 Å². The van der Waals surface area contributed by atoms with Crippen molar-refractivity contribution >= 4 is 75.1 Å². The standard InChI is InChI=1S/C45H30N2S/c1-45(2)37-15-7-3-11-29(37)30-21-19-27(23-38(30)45)46-39-16-8-4-12-31(39)35-25-36-32-13-5-9-17-40(32)47(42(36)26-41(35)46)28-20-22-34-33-14-6-10-18-43(33)48-44(34)24-28/h3-26H,1-2H3. The molecule has 3 heterocycles. The molecule has 0 N–H and O–H groups in total. The summed E-state index contributed by atoms with van der Waals surface area (Å²) in [6.45, 7) is 4.73. The summed E-state index contributed by atoms with van der Waals surface area (Å²) in [4.78, 5) is 0. The fourth-order valence-electron chi connectivity index (χ4n) is 8.67. The van der Waals surface area contributed by atoms with E-state index in [2.05, 4.69) is 169 Å². The summed E-state index contributed by atoms with van der Waals surface area (Å²) in [5.74, 6) is 0. The first-order valence-electron chi connectivity index (χ1n) is 16.7. The predicted octanol–water partition coefficient (Wildman–Crippen LogP) is 12.6. The Kier molecular flexibility index (Phi) is 5.09. The summed E-state index contributed by atoms with van der Waals surface area (Å²) in [5, 5.41) is 7.77. The van der Waals surface area contributed by atoms with Crippen molar-refractivity contribution in [1.29, 1.82) is 0 Å². The average molecular weight is 631 g/mol. The molecule has 0 fully saturated rings. The molecule has 1 aliphatic carbocycles. The van der Waals surface area contributed by atoms with Gasteiger partial charge >= 0.3 is 0 Å². The Hall–Kier alpha value is -5.64. The quantitative estimate of drug-likeness (QED) is 0.180. The van der Waals surface area contributed by atoms with E-state index < -0.39 is 0 Å². The maximum Gasteiger partial charge on any atom is 0.0562 e. The van der Waals surface area contributed by atoms with Crippen LogP contribution in [0.25, 0.3) is 86.3 Å². The van der Waals surface area contributed by atoms with Crippen molar-refractivity contribution in [1.82, 2.24) is 9.13 Å². The first kappa shape index (κ1) is 26.4. The minimum Gasteiger partial charge on any atom is -0.309 e. The van der Waals surface area contributed by atoms with Crippen LogP contribution in [0.15, 0.2) is 146 Å². The predicted molar refractivity (Wildman–Crippen MR) is 206 cm³/mol. The van der Waals surface area contributed by atoms with Gasteiger partial charge in [-0.05, 0) is 76.9 Å². The second-order valence-corrected chi connectivity index (χ2v) is 14.9. The molecular weight excluding hydrogens is 601 g/mol. The van der Waals surface area contributed by atoms with Gasteiger partial charge in [0.2, 0.25) is 0 Å². The Morgan fingerprint density at radius 3 is 1.71 bits per heavy atom. The molecule has 0 amide bonds. The lowest BCUT2D eigenvalue weighted by Gasteiger charge is -2.22. The van der Waals surface area contributed by atoms with Crippen molar-refractivity contribution in [3.05, 3.63) is 157 Å². The van der Waals surface area contributed by atoms with Gasteiger partial charge < -0.3 is 9.13 Å². The highest BCUT2D eigenvalue weighted by Crippen LogP contribution is 2.50. The molecule has 1 aliphatic rings. The van der Waals surface area contributed by atoms with E-state index in [0.717, 1.165) is 0 Å². The number of fused-ring (bicyclic) bond motifs is 12. The molecule has 0 radical (unpaired) electrons. The normalized spacial score (nSPS) is 13.8. The van der Waals surface area contributed by atoms with Crippen molar-refractivity contribution < 1.29 is 0 Å². The van der Waals surface area contributed by atoms with Crippen LogP contribution in [0.1, 0.15) is 25.0 Å². The van der Waals surface area contributed by atoms with Gasteiger partial charge in [-0.3, -0.25) is 0 Å². The van der Waals surface area contributed by atoms with Gasteiger partial charge in [0.05, 0.1) is 22.1 Å². The number of aromatic nitrogens is 2. The van der Waals surface area contributed by atoms with Gasteiger partial charge in [0.1, 0.15) is 0 Å². The largest absolute Gasteiger partial charge is 0.309 e. The van der Waals surface area contributed by atoms with Crippen molar-refractivity contribution in [2.24, 2.45) is 0 Å². The molecule has 2 nitrogen and oxygen atoms in total. The summed E-state index contributed by atoms with van der Waals surface area (Å²) in [5.41, 5.74) is 12.7. The third-order valence-corrected chi connectivity index (χ3v) is 12.0. The molecule has 3 heteroatoms. The minimum absolute atomic E-state index is 0.0639. The van der Waals surface area contributed by atoms with Crippen molar-refractivity contribution in [3.63, 3.8) is 0 Å². The molecule has 0 saturated carbocycles. The number of nitrogens with zero attached hydrogens (tertiary/aromatic N) is 2. The molecule has 3 aromatic heterocycles. The highest BCUT2D eigenvalue weighted by Gasteiger charge is 2.35. The molecule has 0 bridgehead atoms. The van der Waals surface area contributed by atoms with Crippen molar-refractivity contribution in [2.75, 3.05) is 0 Å². The zero-order chi connectivity index (χ0) is 31.7. The topological polar surface area (TPSA) is 9.86 Å². The smallest absolute Gasteiger partial charge is 0.0562 e. The highest BCUT2D eigenvalue weighted by atomic mass is 32.1. The second kappa shape index (κ2) is 9.25. The monoisotopic (exact) mass is 630 g/mol. The maximum absolute atomic E-state index is 2.49. The fraction of sp³-hybridized carbons (Fsp3) is 0.0667. The van der Waals surface area contributed by atoms with Gasteiger partial charge in [-0.1, -0.05) is 105 Å². The van der Waals surface area contributed by atoms with E-state index in [0.29, 0.717) is 0 Å². The number of hydrogen-bond acceptors (Lipinski definition) is 1. The van der Waals surface area contributed by atoms with Crippen LogP contribution in [0.4, 0.5) is 0 Å². The molecule has 0 unspecified atom stereocenters. The molecule has 7 aromatic carbocycles. The second-order valence-electron chi connectivity index (χ2n) is 13.8. The maximum atomic E-state index is 2.49. The first-order valence-corrected chi connectivity index (χ1v) is 17.5. The van der Waals surface area contributed by atoms with E-state index in [4.69, 9.17) is 0 Å². The Bertz CT molecular complexity index is 2980. The van der Waals surface area contributed by atoms with Crippen LogP contribution >= 0.6 is 11.3 Å². The SMILES string of the molecule is CC1(C)c2ccccc2-c2ccc(-n3c4ccccc4c4cc5c6ccccc6n(-c6ccc7c(c6)sc6ccccc67)c5cc43)cc21. The van der Waals surface area contributed by atoms with E-state index in [1.165, 1.54) is 97.4 Å². The first-order chi connectivity index (χ1) is 23.6. The molecular formula is C45H30N2S. The molecule has 0 aliphatic heterocycles. The lowest BCUT2D eigenvalue weighted by atomic mass is 9.82. The van der Waals surface area contributed by atoms with Crippen LogP contribution in [0.3, 0.4) is 0 Å². The minimum atomic E-state index is -0.0639. The van der Waals surface area contributed by atoms with E-state index in [9.17, 15) is 0 Å². The number of rotatable bonds is 2. The zero-order valence-electron chi connectivity index (χ0n) is 26.7. The average Bonchev–Trinajstić information content (AvgIpc) is 3.82. The number of thiophene rings is 1. The Labute approximate surface area is 281 Å². The third-order valence-electron chi connectivity index (χ3n) is 10.9. The number of para-hydroxylation sites is 2. The van der Waals surface area contributed by atoms with Crippen LogP contribution in [-0.2, 0) is 5.41 Å². The van der Waals surface area contributed by atoms with Crippen molar-refractivity contribution in [2.45, 2.75) is 19.3 Å². The van der Waals surface area contributed by atoms with Crippen LogP contribution in [0.2, 0.25) is 0 Å². The zero-order valence-corrected chi connectivity index (χ0v) is 27.5. The van der Waals surface area contributed by atoms with E-state index in [-0.39, 0.29) is 5.41 Å². The van der Waals surface area contributed by atoms with E-state index in [1.54, 1.807) is 0 Å². The van der Waals surface area contributed by atoms with Gasteiger partial charge in [0.25, 0.3) is 0 Å². The lowest BCUT2D eigenvalue weighted by Crippen LogP contribution is -2.15.